The summed E-state index contributed by atoms with van der Waals surface area (Å²) in [6, 6.07) is 0. The molecular formula is C12H23O4P. The van der Waals surface area contributed by atoms with E-state index in [-0.39, 0.29) is 0 Å². The number of phosphoric acid groups is 1. The molecule has 0 aromatic rings. The molecule has 0 aromatic heterocycles. The maximum Gasteiger partial charge on any atom is 0.583 e. The second kappa shape index (κ2) is 10.4. The normalized spacial score (nSPS) is 15.2. The Morgan fingerprint density at radius 1 is 1.00 bits per heavy atom. The Labute approximate surface area is 104 Å². The van der Waals surface area contributed by atoms with Gasteiger partial charge in [-0.1, -0.05) is 26.7 Å². The number of phosphoric ester groups is 1. The van der Waals surface area contributed by atoms with Crippen LogP contribution in [-0.2, 0) is 13.6 Å². The van der Waals surface area contributed by atoms with Gasteiger partial charge in [0.15, 0.2) is 0 Å². The fourth-order valence-electron chi connectivity index (χ4n) is 1.04. The van der Waals surface area contributed by atoms with E-state index in [0.29, 0.717) is 0 Å². The minimum Gasteiger partial charge on any atom is -0.404 e. The molecule has 17 heavy (non-hydrogen) atoms. The summed E-state index contributed by atoms with van der Waals surface area (Å²) >= 11 is 0. The topological polar surface area (TPSA) is 55.8 Å². The predicted molar refractivity (Wildman–Crippen MR) is 69.3 cm³/mol. The Bertz CT molecular complexity index is 250. The van der Waals surface area contributed by atoms with E-state index in [1.54, 1.807) is 12.2 Å². The molecule has 0 rings (SSSR count). The van der Waals surface area contributed by atoms with Gasteiger partial charge in [0.2, 0.25) is 0 Å². The highest BCUT2D eigenvalue weighted by molar-refractivity contribution is 7.47. The molecule has 0 aliphatic rings. The molecule has 0 unspecified atom stereocenters. The van der Waals surface area contributed by atoms with Crippen LogP contribution in [0.15, 0.2) is 24.7 Å². The Kier molecular flexibility index (Phi) is 9.98. The van der Waals surface area contributed by atoms with Crippen LogP contribution >= 0.6 is 7.82 Å². The van der Waals surface area contributed by atoms with Crippen LogP contribution in [0.5, 0.6) is 0 Å². The summed E-state index contributed by atoms with van der Waals surface area (Å²) in [4.78, 5) is 9.24. The molecule has 5 heteroatoms. The molecule has 0 saturated carbocycles. The minimum absolute atomic E-state index is 0.836. The molecule has 0 saturated heterocycles. The fraction of sp³-hybridized carbons (Fsp3) is 0.667. The van der Waals surface area contributed by atoms with E-state index >= 15 is 0 Å². The number of hydrogen-bond donors (Lipinski definition) is 1. The van der Waals surface area contributed by atoms with Gasteiger partial charge >= 0.3 is 7.82 Å². The smallest absolute Gasteiger partial charge is 0.404 e. The van der Waals surface area contributed by atoms with Gasteiger partial charge in [-0.15, -0.1) is 0 Å². The van der Waals surface area contributed by atoms with Crippen molar-refractivity contribution in [3.05, 3.63) is 24.7 Å². The monoisotopic (exact) mass is 262 g/mol. The van der Waals surface area contributed by atoms with Crippen LogP contribution in [0.3, 0.4) is 0 Å². The van der Waals surface area contributed by atoms with E-state index in [0.717, 1.165) is 38.5 Å². The first-order chi connectivity index (χ1) is 8.12. The van der Waals surface area contributed by atoms with Crippen molar-refractivity contribution < 1.29 is 18.5 Å². The average Bonchev–Trinajstić information content (AvgIpc) is 2.28. The SMILES string of the molecule is CCCCC=COP(=O)(O)OC=CCCCC. The van der Waals surface area contributed by atoms with Crippen molar-refractivity contribution in [3.8, 4) is 0 Å². The molecule has 4 nitrogen and oxygen atoms in total. The van der Waals surface area contributed by atoms with Gasteiger partial charge in [-0.05, 0) is 37.8 Å². The van der Waals surface area contributed by atoms with Crippen LogP contribution in [0.4, 0.5) is 0 Å². The molecule has 0 fully saturated rings. The quantitative estimate of drug-likeness (QED) is 0.357. The molecule has 0 spiro atoms. The van der Waals surface area contributed by atoms with Crippen molar-refractivity contribution in [2.45, 2.75) is 52.4 Å². The third kappa shape index (κ3) is 11.5. The van der Waals surface area contributed by atoms with E-state index in [1.165, 1.54) is 12.5 Å². The molecule has 0 aliphatic heterocycles. The van der Waals surface area contributed by atoms with Crippen LogP contribution in [0, 0.1) is 0 Å². The van der Waals surface area contributed by atoms with Crippen LogP contribution in [0.1, 0.15) is 52.4 Å². The zero-order chi connectivity index (χ0) is 13.0. The lowest BCUT2D eigenvalue weighted by Crippen LogP contribution is -1.84. The molecule has 0 aliphatic carbocycles. The number of allylic oxidation sites excluding steroid dienone is 2. The molecule has 0 atom stereocenters. The van der Waals surface area contributed by atoms with Gasteiger partial charge in [-0.3, -0.25) is 4.89 Å². The van der Waals surface area contributed by atoms with Gasteiger partial charge in [-0.25, -0.2) is 4.57 Å². The molecule has 1 N–H and O–H groups in total. The Hall–Kier alpha value is -0.730. The lowest BCUT2D eigenvalue weighted by molar-refractivity contribution is 0.243. The van der Waals surface area contributed by atoms with Crippen LogP contribution < -0.4 is 0 Å². The average molecular weight is 262 g/mol. The molecule has 0 bridgehead atoms. The van der Waals surface area contributed by atoms with Crippen molar-refractivity contribution in [3.63, 3.8) is 0 Å². The highest BCUT2D eigenvalue weighted by atomic mass is 31.2. The van der Waals surface area contributed by atoms with Crippen LogP contribution in [0.25, 0.3) is 0 Å². The first-order valence-electron chi connectivity index (χ1n) is 6.12. The lowest BCUT2D eigenvalue weighted by atomic mass is 10.2. The number of hydrogen-bond acceptors (Lipinski definition) is 3. The zero-order valence-corrected chi connectivity index (χ0v) is 11.6. The summed E-state index contributed by atoms with van der Waals surface area (Å²) < 4.78 is 20.6. The maximum atomic E-state index is 11.3. The second-order valence-electron chi connectivity index (χ2n) is 3.71. The Balaban J connectivity index is 3.75. The van der Waals surface area contributed by atoms with Gasteiger partial charge in [-0.2, -0.15) is 0 Å². The standard InChI is InChI=1S/C12H23O4P/c1-3-5-7-9-11-15-17(13,14)16-12-10-8-6-4-2/h9-12H,3-8H2,1-2H3,(H,13,14). The van der Waals surface area contributed by atoms with Crippen LogP contribution in [-0.4, -0.2) is 4.89 Å². The molecule has 0 heterocycles. The summed E-state index contributed by atoms with van der Waals surface area (Å²) in [5.41, 5.74) is 0. The van der Waals surface area contributed by atoms with Crippen molar-refractivity contribution in [2.24, 2.45) is 0 Å². The summed E-state index contributed by atoms with van der Waals surface area (Å²) in [5, 5.41) is 0. The van der Waals surface area contributed by atoms with Crippen molar-refractivity contribution in [1.82, 2.24) is 0 Å². The predicted octanol–water partition coefficient (Wildman–Crippen LogP) is 4.53. The van der Waals surface area contributed by atoms with Gasteiger partial charge in [0.25, 0.3) is 0 Å². The Morgan fingerprint density at radius 2 is 1.41 bits per heavy atom. The lowest BCUT2D eigenvalue weighted by Gasteiger charge is -2.07. The second-order valence-corrected chi connectivity index (χ2v) is 5.07. The first kappa shape index (κ1) is 16.3. The molecule has 0 radical (unpaired) electrons. The van der Waals surface area contributed by atoms with E-state index < -0.39 is 7.82 Å². The van der Waals surface area contributed by atoms with Crippen LogP contribution in [0.2, 0.25) is 0 Å². The summed E-state index contributed by atoms with van der Waals surface area (Å²) in [6.07, 6.45) is 11.8. The van der Waals surface area contributed by atoms with Crippen molar-refractivity contribution >= 4 is 7.82 Å². The van der Waals surface area contributed by atoms with E-state index in [2.05, 4.69) is 22.9 Å². The molecule has 100 valence electrons. The zero-order valence-electron chi connectivity index (χ0n) is 10.7. The largest absolute Gasteiger partial charge is 0.583 e. The minimum atomic E-state index is -3.96. The number of rotatable bonds is 10. The third-order valence-corrected chi connectivity index (χ3v) is 2.81. The highest BCUT2D eigenvalue weighted by Gasteiger charge is 2.19. The van der Waals surface area contributed by atoms with Crippen molar-refractivity contribution in [2.75, 3.05) is 0 Å². The first-order valence-corrected chi connectivity index (χ1v) is 7.61. The van der Waals surface area contributed by atoms with Gasteiger partial charge < -0.3 is 9.05 Å². The van der Waals surface area contributed by atoms with E-state index in [1.807, 2.05) is 0 Å². The Morgan fingerprint density at radius 3 is 1.76 bits per heavy atom. The maximum absolute atomic E-state index is 11.3. The molecule has 0 amide bonds. The highest BCUT2D eigenvalue weighted by Crippen LogP contribution is 2.43. The molecular weight excluding hydrogens is 239 g/mol. The number of unbranched alkanes of at least 4 members (excludes halogenated alkanes) is 4. The van der Waals surface area contributed by atoms with Gasteiger partial charge in [0, 0.05) is 0 Å². The van der Waals surface area contributed by atoms with E-state index in [9.17, 15) is 9.46 Å². The van der Waals surface area contributed by atoms with Gasteiger partial charge in [0.1, 0.15) is 0 Å². The van der Waals surface area contributed by atoms with Gasteiger partial charge in [0.05, 0.1) is 12.5 Å². The van der Waals surface area contributed by atoms with Crippen molar-refractivity contribution in [1.29, 1.82) is 0 Å². The third-order valence-electron chi connectivity index (χ3n) is 2.03. The van der Waals surface area contributed by atoms with E-state index in [4.69, 9.17) is 0 Å². The fourth-order valence-corrected chi connectivity index (χ4v) is 1.57. The summed E-state index contributed by atoms with van der Waals surface area (Å²) in [6.45, 7) is 4.16. The summed E-state index contributed by atoms with van der Waals surface area (Å²) in [7, 11) is -3.96. The molecule has 0 aromatic carbocycles. The summed E-state index contributed by atoms with van der Waals surface area (Å²) in [5.74, 6) is 0.